The van der Waals surface area contributed by atoms with Gasteiger partial charge in [0.15, 0.2) is 0 Å². The second kappa shape index (κ2) is 6.91. The minimum Gasteiger partial charge on any atom is -0.374 e. The highest BCUT2D eigenvalue weighted by Gasteiger charge is 2.32. The number of nitrogens with one attached hydrogen (secondary N) is 2. The number of fused-ring (bicyclic) bond motifs is 1. The normalized spacial score (nSPS) is 15.3. The van der Waals surface area contributed by atoms with Gasteiger partial charge >= 0.3 is 0 Å². The highest BCUT2D eigenvalue weighted by molar-refractivity contribution is 5.86. The predicted molar refractivity (Wildman–Crippen MR) is 87.4 cm³/mol. The first-order chi connectivity index (χ1) is 10.8. The quantitative estimate of drug-likeness (QED) is 0.429. The van der Waals surface area contributed by atoms with Crippen LogP contribution < -0.4 is 16.8 Å². The van der Waals surface area contributed by atoms with Crippen molar-refractivity contribution in [3.05, 3.63) is 36.0 Å². The van der Waals surface area contributed by atoms with Crippen molar-refractivity contribution < 1.29 is 14.7 Å². The highest BCUT2D eigenvalue weighted by Crippen LogP contribution is 2.20. The molecular formula is C16H22N4O3. The van der Waals surface area contributed by atoms with Gasteiger partial charge in [-0.25, -0.2) is 0 Å². The van der Waals surface area contributed by atoms with Gasteiger partial charge in [0, 0.05) is 23.6 Å². The number of primary amides is 1. The van der Waals surface area contributed by atoms with Crippen molar-refractivity contribution in [3.63, 3.8) is 0 Å². The molecule has 1 aromatic heterocycles. The number of amides is 1. The Kier molecular flexibility index (Phi) is 5.15. The predicted octanol–water partition coefficient (Wildman–Crippen LogP) is -0.220. The minimum absolute atomic E-state index is 0.161. The lowest BCUT2D eigenvalue weighted by atomic mass is 9.99. The lowest BCUT2D eigenvalue weighted by Gasteiger charge is -2.31. The molecule has 0 spiro atoms. The van der Waals surface area contributed by atoms with E-state index in [0.717, 1.165) is 16.5 Å². The molecule has 7 nitrogen and oxygen atoms in total. The van der Waals surface area contributed by atoms with Gasteiger partial charge in [0.1, 0.15) is 11.5 Å². The SMILES string of the molecule is CC(=O)C(Cc1c[nH]c2ccccc12)NC(O)(CN)CC(N)=O. The third-order valence-corrected chi connectivity index (χ3v) is 3.84. The molecule has 0 bridgehead atoms. The molecular weight excluding hydrogens is 296 g/mol. The first-order valence-corrected chi connectivity index (χ1v) is 7.38. The number of carbonyl (C=O) groups is 2. The van der Waals surface area contributed by atoms with E-state index in [9.17, 15) is 14.7 Å². The van der Waals surface area contributed by atoms with Crippen LogP contribution in [0.2, 0.25) is 0 Å². The van der Waals surface area contributed by atoms with E-state index in [2.05, 4.69) is 10.3 Å². The minimum atomic E-state index is -1.70. The fourth-order valence-electron chi connectivity index (χ4n) is 2.61. The lowest BCUT2D eigenvalue weighted by molar-refractivity contribution is -0.128. The van der Waals surface area contributed by atoms with E-state index in [-0.39, 0.29) is 18.7 Å². The molecule has 0 aliphatic heterocycles. The smallest absolute Gasteiger partial charge is 0.221 e. The molecule has 0 aliphatic carbocycles. The van der Waals surface area contributed by atoms with E-state index in [1.807, 2.05) is 30.5 Å². The van der Waals surface area contributed by atoms with Gasteiger partial charge in [0.05, 0.1) is 12.5 Å². The lowest BCUT2D eigenvalue weighted by Crippen LogP contribution is -2.59. The van der Waals surface area contributed by atoms with Crippen LogP contribution in [0, 0.1) is 0 Å². The number of H-pyrrole nitrogens is 1. The molecule has 0 aliphatic rings. The summed E-state index contributed by atoms with van der Waals surface area (Å²) in [7, 11) is 0. The van der Waals surface area contributed by atoms with Crippen LogP contribution >= 0.6 is 0 Å². The zero-order valence-electron chi connectivity index (χ0n) is 13.0. The molecule has 2 atom stereocenters. The average molecular weight is 318 g/mol. The van der Waals surface area contributed by atoms with Gasteiger partial charge in [-0.2, -0.15) is 0 Å². The zero-order chi connectivity index (χ0) is 17.0. The van der Waals surface area contributed by atoms with Gasteiger partial charge in [-0.3, -0.25) is 14.9 Å². The number of aromatic amines is 1. The molecule has 7 N–H and O–H groups in total. The van der Waals surface area contributed by atoms with E-state index < -0.39 is 17.7 Å². The summed E-state index contributed by atoms with van der Waals surface area (Å²) < 4.78 is 0. The monoisotopic (exact) mass is 318 g/mol. The van der Waals surface area contributed by atoms with Crippen molar-refractivity contribution in [2.75, 3.05) is 6.54 Å². The van der Waals surface area contributed by atoms with Crippen LogP contribution in [0.25, 0.3) is 10.9 Å². The summed E-state index contributed by atoms with van der Waals surface area (Å²) in [5.41, 5.74) is 10.9. The molecule has 0 saturated carbocycles. The molecule has 1 aromatic carbocycles. The fraction of sp³-hybridized carbons (Fsp3) is 0.375. The molecule has 1 heterocycles. The summed E-state index contributed by atoms with van der Waals surface area (Å²) in [5, 5.41) is 14.1. The Morgan fingerprint density at radius 1 is 1.39 bits per heavy atom. The van der Waals surface area contributed by atoms with E-state index in [4.69, 9.17) is 11.5 Å². The number of hydrogen-bond acceptors (Lipinski definition) is 5. The first kappa shape index (κ1) is 17.1. The fourth-order valence-corrected chi connectivity index (χ4v) is 2.61. The highest BCUT2D eigenvalue weighted by atomic mass is 16.3. The molecule has 0 saturated heterocycles. The molecule has 7 heteroatoms. The second-order valence-corrected chi connectivity index (χ2v) is 5.75. The Labute approximate surface area is 134 Å². The van der Waals surface area contributed by atoms with Crippen LogP contribution in [0.3, 0.4) is 0 Å². The molecule has 0 radical (unpaired) electrons. The topological polar surface area (TPSA) is 134 Å². The van der Waals surface area contributed by atoms with Crippen LogP contribution in [-0.4, -0.2) is 40.1 Å². The van der Waals surface area contributed by atoms with Crippen LogP contribution in [0.1, 0.15) is 18.9 Å². The van der Waals surface area contributed by atoms with Gasteiger partial charge < -0.3 is 21.6 Å². The molecule has 2 rings (SSSR count). The largest absolute Gasteiger partial charge is 0.374 e. The molecule has 124 valence electrons. The number of hydrogen-bond donors (Lipinski definition) is 5. The van der Waals surface area contributed by atoms with Crippen molar-refractivity contribution >= 4 is 22.6 Å². The van der Waals surface area contributed by atoms with E-state index >= 15 is 0 Å². The Bertz CT molecular complexity index is 712. The number of aromatic nitrogens is 1. The summed E-state index contributed by atoms with van der Waals surface area (Å²) in [6.45, 7) is 1.20. The first-order valence-electron chi connectivity index (χ1n) is 7.38. The Hall–Kier alpha value is -2.22. The molecule has 1 amide bonds. The maximum atomic E-state index is 11.9. The number of nitrogens with two attached hydrogens (primary N) is 2. The third kappa shape index (κ3) is 4.16. The summed E-state index contributed by atoms with van der Waals surface area (Å²) in [5.74, 6) is -0.855. The molecule has 0 fully saturated rings. The summed E-state index contributed by atoms with van der Waals surface area (Å²) >= 11 is 0. The van der Waals surface area contributed by atoms with Crippen LogP contribution in [0.4, 0.5) is 0 Å². The Morgan fingerprint density at radius 3 is 2.70 bits per heavy atom. The number of Topliss-reactive ketones (excluding diaryl/α,β-unsaturated/α-hetero) is 1. The van der Waals surface area contributed by atoms with Gasteiger partial charge in [0.2, 0.25) is 5.91 Å². The van der Waals surface area contributed by atoms with Gasteiger partial charge in [0.25, 0.3) is 0 Å². The number of para-hydroxylation sites is 1. The average Bonchev–Trinajstić information content (AvgIpc) is 2.89. The van der Waals surface area contributed by atoms with E-state index in [1.54, 1.807) is 0 Å². The van der Waals surface area contributed by atoms with Crippen molar-refractivity contribution in [2.45, 2.75) is 31.5 Å². The molecule has 2 unspecified atom stereocenters. The van der Waals surface area contributed by atoms with Crippen molar-refractivity contribution in [3.8, 4) is 0 Å². The van der Waals surface area contributed by atoms with Gasteiger partial charge in [-0.15, -0.1) is 0 Å². The third-order valence-electron chi connectivity index (χ3n) is 3.84. The summed E-state index contributed by atoms with van der Waals surface area (Å²) in [4.78, 5) is 26.2. The van der Waals surface area contributed by atoms with Crippen LogP contribution in [0.5, 0.6) is 0 Å². The van der Waals surface area contributed by atoms with Crippen molar-refractivity contribution in [1.29, 1.82) is 0 Å². The van der Waals surface area contributed by atoms with E-state index in [1.165, 1.54) is 6.92 Å². The molecule has 23 heavy (non-hydrogen) atoms. The second-order valence-electron chi connectivity index (χ2n) is 5.75. The van der Waals surface area contributed by atoms with Crippen molar-refractivity contribution in [2.24, 2.45) is 11.5 Å². The Balaban J connectivity index is 2.22. The van der Waals surface area contributed by atoms with Crippen molar-refractivity contribution in [1.82, 2.24) is 10.3 Å². The van der Waals surface area contributed by atoms with Crippen LogP contribution in [0.15, 0.2) is 30.5 Å². The molecule has 2 aromatic rings. The Morgan fingerprint density at radius 2 is 2.09 bits per heavy atom. The summed E-state index contributed by atoms with van der Waals surface area (Å²) in [6, 6.07) is 7.06. The zero-order valence-corrected chi connectivity index (χ0v) is 13.0. The van der Waals surface area contributed by atoms with Gasteiger partial charge in [-0.1, -0.05) is 18.2 Å². The number of rotatable bonds is 8. The number of carbonyl (C=O) groups excluding carboxylic acids is 2. The number of ketones is 1. The maximum absolute atomic E-state index is 11.9. The van der Waals surface area contributed by atoms with E-state index in [0.29, 0.717) is 6.42 Å². The van der Waals surface area contributed by atoms with Gasteiger partial charge in [-0.05, 0) is 25.0 Å². The maximum Gasteiger partial charge on any atom is 0.221 e. The summed E-state index contributed by atoms with van der Waals surface area (Å²) in [6.07, 6.45) is 1.83. The van der Waals surface area contributed by atoms with Crippen LogP contribution in [-0.2, 0) is 16.0 Å². The number of benzene rings is 1. The number of aliphatic hydroxyl groups is 1. The standard InChI is InChI=1S/C16H22N4O3/c1-10(21)14(20-16(23,9-17)7-15(18)22)6-11-8-19-13-5-3-2-4-12(11)13/h2-5,8,14,19-20,23H,6-7,9,17H2,1H3,(H2,18,22).